The van der Waals surface area contributed by atoms with Crippen molar-refractivity contribution in [2.24, 2.45) is 10.9 Å². The number of hydrogen-bond acceptors (Lipinski definition) is 3. The van der Waals surface area contributed by atoms with E-state index in [2.05, 4.69) is 35.7 Å². The molecule has 18 heavy (non-hydrogen) atoms. The maximum absolute atomic E-state index is 5.71. The highest BCUT2D eigenvalue weighted by atomic mass is 32.2. The Bertz CT molecular complexity index is 222. The van der Waals surface area contributed by atoms with Gasteiger partial charge in [0.2, 0.25) is 0 Å². The summed E-state index contributed by atoms with van der Waals surface area (Å²) >= 11 is 1.83. The van der Waals surface area contributed by atoms with Gasteiger partial charge in [-0.05, 0) is 25.5 Å². The number of rotatable bonds is 9. The normalized spacial score (nSPS) is 13.8. The molecular formula is C13H29N3OS. The molecule has 0 amide bonds. The summed E-state index contributed by atoms with van der Waals surface area (Å²) in [6.07, 6.45) is 3.44. The predicted octanol–water partition coefficient (Wildman–Crippen LogP) is 1.97. The summed E-state index contributed by atoms with van der Waals surface area (Å²) in [5.41, 5.74) is 0. The number of guanidine groups is 1. The standard InChI is InChI=1S/C13H29N3OS/c1-6-17-12(11(2)3)7-8-15-13(14-4)16-9-10-18-5/h11-12H,6-10H2,1-5H3,(H2,14,15,16). The largest absolute Gasteiger partial charge is 0.378 e. The van der Waals surface area contributed by atoms with Crippen molar-refractivity contribution in [2.75, 3.05) is 38.8 Å². The molecule has 0 fully saturated rings. The van der Waals surface area contributed by atoms with E-state index in [-0.39, 0.29) is 0 Å². The third-order valence-electron chi connectivity index (χ3n) is 2.67. The van der Waals surface area contributed by atoms with Crippen molar-refractivity contribution >= 4 is 17.7 Å². The van der Waals surface area contributed by atoms with Crippen molar-refractivity contribution in [2.45, 2.75) is 33.3 Å². The highest BCUT2D eigenvalue weighted by molar-refractivity contribution is 7.98. The number of nitrogens with zero attached hydrogens (tertiary/aromatic N) is 1. The van der Waals surface area contributed by atoms with Crippen molar-refractivity contribution in [1.82, 2.24) is 10.6 Å². The van der Waals surface area contributed by atoms with E-state index < -0.39 is 0 Å². The van der Waals surface area contributed by atoms with Crippen LogP contribution in [0.1, 0.15) is 27.2 Å². The molecule has 5 heteroatoms. The van der Waals surface area contributed by atoms with Gasteiger partial charge in [-0.25, -0.2) is 0 Å². The minimum atomic E-state index is 0.326. The van der Waals surface area contributed by atoms with Gasteiger partial charge < -0.3 is 15.4 Å². The van der Waals surface area contributed by atoms with Crippen LogP contribution in [0.4, 0.5) is 0 Å². The Morgan fingerprint density at radius 3 is 2.44 bits per heavy atom. The van der Waals surface area contributed by atoms with Crippen LogP contribution in [0, 0.1) is 5.92 Å². The van der Waals surface area contributed by atoms with Gasteiger partial charge in [-0.2, -0.15) is 11.8 Å². The van der Waals surface area contributed by atoms with Gasteiger partial charge in [0.1, 0.15) is 0 Å². The van der Waals surface area contributed by atoms with Crippen molar-refractivity contribution < 1.29 is 4.74 Å². The number of nitrogens with one attached hydrogen (secondary N) is 2. The monoisotopic (exact) mass is 275 g/mol. The van der Waals surface area contributed by atoms with Gasteiger partial charge in [-0.3, -0.25) is 4.99 Å². The molecule has 0 aromatic heterocycles. The number of hydrogen-bond donors (Lipinski definition) is 2. The van der Waals surface area contributed by atoms with Crippen molar-refractivity contribution in [3.8, 4) is 0 Å². The van der Waals surface area contributed by atoms with E-state index in [4.69, 9.17) is 4.74 Å². The molecular weight excluding hydrogens is 246 g/mol. The summed E-state index contributed by atoms with van der Waals surface area (Å²) in [7, 11) is 1.80. The third kappa shape index (κ3) is 8.64. The second-order valence-electron chi connectivity index (χ2n) is 4.45. The molecule has 1 unspecified atom stereocenters. The lowest BCUT2D eigenvalue weighted by atomic mass is 10.0. The molecule has 0 aliphatic heterocycles. The van der Waals surface area contributed by atoms with Gasteiger partial charge in [-0.1, -0.05) is 13.8 Å². The van der Waals surface area contributed by atoms with Gasteiger partial charge >= 0.3 is 0 Å². The highest BCUT2D eigenvalue weighted by Gasteiger charge is 2.12. The molecule has 0 aliphatic rings. The Kier molecular flexibility index (Phi) is 11.4. The van der Waals surface area contributed by atoms with Crippen LogP contribution in [0.3, 0.4) is 0 Å². The molecule has 0 rings (SSSR count). The SMILES string of the molecule is CCOC(CCNC(=NC)NCCSC)C(C)C. The van der Waals surface area contributed by atoms with Crippen LogP contribution in [0.5, 0.6) is 0 Å². The van der Waals surface area contributed by atoms with Crippen LogP contribution in [0.15, 0.2) is 4.99 Å². The van der Waals surface area contributed by atoms with Crippen molar-refractivity contribution in [3.05, 3.63) is 0 Å². The molecule has 1 atom stereocenters. The Balaban J connectivity index is 3.84. The Morgan fingerprint density at radius 1 is 1.28 bits per heavy atom. The summed E-state index contributed by atoms with van der Waals surface area (Å²) in [5, 5.41) is 6.60. The van der Waals surface area contributed by atoms with Gasteiger partial charge in [0, 0.05) is 32.5 Å². The van der Waals surface area contributed by atoms with Crippen molar-refractivity contribution in [1.29, 1.82) is 0 Å². The average Bonchev–Trinajstić information content (AvgIpc) is 2.35. The first-order valence-electron chi connectivity index (χ1n) is 6.70. The van der Waals surface area contributed by atoms with E-state index in [0.29, 0.717) is 12.0 Å². The lowest BCUT2D eigenvalue weighted by Crippen LogP contribution is -2.40. The van der Waals surface area contributed by atoms with E-state index in [1.165, 1.54) is 0 Å². The van der Waals surface area contributed by atoms with Crippen molar-refractivity contribution in [3.63, 3.8) is 0 Å². The topological polar surface area (TPSA) is 45.6 Å². The molecule has 0 aromatic carbocycles. The molecule has 4 nitrogen and oxygen atoms in total. The fourth-order valence-electron chi connectivity index (χ4n) is 1.65. The molecule has 0 heterocycles. The molecule has 0 aromatic rings. The first-order valence-corrected chi connectivity index (χ1v) is 8.10. The van der Waals surface area contributed by atoms with E-state index in [0.717, 1.165) is 37.8 Å². The lowest BCUT2D eigenvalue weighted by Gasteiger charge is -2.21. The fourth-order valence-corrected chi connectivity index (χ4v) is 1.95. The minimum Gasteiger partial charge on any atom is -0.378 e. The number of thioether (sulfide) groups is 1. The Hall–Kier alpha value is -0.420. The van der Waals surface area contributed by atoms with Gasteiger partial charge in [0.05, 0.1) is 6.10 Å². The summed E-state index contributed by atoms with van der Waals surface area (Å²) in [5.74, 6) is 2.52. The Labute approximate surface area is 116 Å². The summed E-state index contributed by atoms with van der Waals surface area (Å²) < 4.78 is 5.71. The first kappa shape index (κ1) is 17.6. The zero-order valence-corrected chi connectivity index (χ0v) is 13.3. The zero-order chi connectivity index (χ0) is 13.8. The molecule has 0 spiro atoms. The Morgan fingerprint density at radius 2 is 1.94 bits per heavy atom. The summed E-state index contributed by atoms with van der Waals surface area (Å²) in [6.45, 7) is 9.06. The smallest absolute Gasteiger partial charge is 0.191 e. The second kappa shape index (κ2) is 11.7. The highest BCUT2D eigenvalue weighted by Crippen LogP contribution is 2.09. The van der Waals surface area contributed by atoms with Gasteiger partial charge in [-0.15, -0.1) is 0 Å². The average molecular weight is 275 g/mol. The van der Waals surface area contributed by atoms with E-state index in [1.807, 2.05) is 18.7 Å². The second-order valence-corrected chi connectivity index (χ2v) is 5.43. The minimum absolute atomic E-state index is 0.326. The summed E-state index contributed by atoms with van der Waals surface area (Å²) in [6, 6.07) is 0. The van der Waals surface area contributed by atoms with Crippen LogP contribution in [-0.2, 0) is 4.74 Å². The maximum atomic E-state index is 5.71. The maximum Gasteiger partial charge on any atom is 0.191 e. The molecule has 0 bridgehead atoms. The summed E-state index contributed by atoms with van der Waals surface area (Å²) in [4.78, 5) is 4.19. The number of aliphatic imine (C=N–C) groups is 1. The van der Waals surface area contributed by atoms with Crippen LogP contribution < -0.4 is 10.6 Å². The van der Waals surface area contributed by atoms with Crippen LogP contribution >= 0.6 is 11.8 Å². The molecule has 0 aliphatic carbocycles. The quantitative estimate of drug-likeness (QED) is 0.384. The molecule has 108 valence electrons. The fraction of sp³-hybridized carbons (Fsp3) is 0.923. The molecule has 0 saturated carbocycles. The molecule has 0 saturated heterocycles. The number of ether oxygens (including phenoxy) is 1. The van der Waals surface area contributed by atoms with E-state index >= 15 is 0 Å². The third-order valence-corrected chi connectivity index (χ3v) is 3.28. The van der Waals surface area contributed by atoms with Gasteiger partial charge in [0.25, 0.3) is 0 Å². The zero-order valence-electron chi connectivity index (χ0n) is 12.5. The molecule has 2 N–H and O–H groups in total. The van der Waals surface area contributed by atoms with E-state index in [1.54, 1.807) is 7.05 Å². The van der Waals surface area contributed by atoms with Crippen LogP contribution in [0.2, 0.25) is 0 Å². The predicted molar refractivity (Wildman–Crippen MR) is 82.6 cm³/mol. The van der Waals surface area contributed by atoms with E-state index in [9.17, 15) is 0 Å². The lowest BCUT2D eigenvalue weighted by molar-refractivity contribution is 0.0258. The van der Waals surface area contributed by atoms with Crippen LogP contribution in [0.25, 0.3) is 0 Å². The van der Waals surface area contributed by atoms with Crippen LogP contribution in [-0.4, -0.2) is 50.8 Å². The first-order chi connectivity index (χ1) is 8.65. The molecule has 0 radical (unpaired) electrons. The van der Waals surface area contributed by atoms with Gasteiger partial charge in [0.15, 0.2) is 5.96 Å².